The van der Waals surface area contributed by atoms with Crippen molar-refractivity contribution in [3.63, 3.8) is 0 Å². The van der Waals surface area contributed by atoms with Crippen molar-refractivity contribution < 1.29 is 14.4 Å². The fourth-order valence-electron chi connectivity index (χ4n) is 5.78. The van der Waals surface area contributed by atoms with E-state index in [2.05, 4.69) is 21.2 Å². The van der Waals surface area contributed by atoms with E-state index in [9.17, 15) is 14.4 Å². The van der Waals surface area contributed by atoms with Crippen molar-refractivity contribution in [1.29, 1.82) is 0 Å². The van der Waals surface area contributed by atoms with Gasteiger partial charge in [0.15, 0.2) is 5.78 Å². The van der Waals surface area contributed by atoms with Gasteiger partial charge in [-0.15, -0.1) is 0 Å². The quantitative estimate of drug-likeness (QED) is 0.239. The van der Waals surface area contributed by atoms with Gasteiger partial charge in [0.1, 0.15) is 6.04 Å². The van der Waals surface area contributed by atoms with E-state index >= 15 is 0 Å². The van der Waals surface area contributed by atoms with Crippen LogP contribution in [0.2, 0.25) is 0 Å². The van der Waals surface area contributed by atoms with Crippen LogP contribution in [0.1, 0.15) is 57.7 Å². The van der Waals surface area contributed by atoms with Crippen LogP contribution in [-0.2, 0) is 4.79 Å². The summed E-state index contributed by atoms with van der Waals surface area (Å²) < 4.78 is 0.758. The van der Waals surface area contributed by atoms with E-state index in [0.717, 1.165) is 15.6 Å². The number of likely N-dealkylation sites (tertiary alicyclic amines) is 1. The molecule has 202 valence electrons. The van der Waals surface area contributed by atoms with Crippen LogP contribution in [-0.4, -0.2) is 34.6 Å². The van der Waals surface area contributed by atoms with Crippen LogP contribution in [0, 0.1) is 5.92 Å². The maximum absolute atomic E-state index is 14.5. The molecule has 0 aromatic heterocycles. The van der Waals surface area contributed by atoms with E-state index in [4.69, 9.17) is 0 Å². The predicted octanol–water partition coefficient (Wildman–Crippen LogP) is 6.82. The number of carbonyl (C=O) groups excluding carboxylic acids is 3. The summed E-state index contributed by atoms with van der Waals surface area (Å²) in [5.74, 6) is -1.96. The fourth-order valence-corrected chi connectivity index (χ4v) is 6.18. The van der Waals surface area contributed by atoms with Crippen LogP contribution in [0.15, 0.2) is 120 Å². The molecule has 4 atom stereocenters. The maximum Gasteiger partial charge on any atom is 0.255 e. The summed E-state index contributed by atoms with van der Waals surface area (Å²) in [6.45, 7) is 3.79. The number of nitrogens with one attached hydrogen (secondary N) is 1. The number of rotatable bonds is 7. The van der Waals surface area contributed by atoms with Crippen LogP contribution in [0.25, 0.3) is 0 Å². The number of nitrogens with zero attached hydrogens (tertiary/aromatic N) is 1. The minimum absolute atomic E-state index is 0.102. The Morgan fingerprint density at radius 3 is 1.85 bits per heavy atom. The molecule has 4 unspecified atom stereocenters. The SMILES string of the molecule is CC(C)NC(=O)C1C(c2ccccc2)C(C(=O)c2ccccc2)C(c2ccccc2)N1C(=O)c1cccc(Br)c1. The molecule has 1 saturated heterocycles. The van der Waals surface area contributed by atoms with Gasteiger partial charge in [0.2, 0.25) is 5.91 Å². The lowest BCUT2D eigenvalue weighted by atomic mass is 9.76. The Hall–Kier alpha value is -4.03. The normalized spacial score (nSPS) is 20.4. The van der Waals surface area contributed by atoms with Gasteiger partial charge in [-0.3, -0.25) is 14.4 Å². The zero-order valence-electron chi connectivity index (χ0n) is 22.4. The first kappa shape index (κ1) is 27.5. The highest BCUT2D eigenvalue weighted by Crippen LogP contribution is 2.51. The minimum atomic E-state index is -0.917. The van der Waals surface area contributed by atoms with Gasteiger partial charge in [0.25, 0.3) is 5.91 Å². The molecule has 1 aliphatic rings. The number of Topliss-reactive ketones (excluding diaryl/α,β-unsaturated/α-hetero) is 1. The van der Waals surface area contributed by atoms with Gasteiger partial charge in [-0.05, 0) is 43.2 Å². The molecule has 0 aliphatic carbocycles. The second-order valence-corrected chi connectivity index (χ2v) is 11.3. The third-order valence-corrected chi connectivity index (χ3v) is 7.85. The average Bonchev–Trinajstić information content (AvgIpc) is 3.34. The first-order valence-electron chi connectivity index (χ1n) is 13.4. The molecule has 1 aliphatic heterocycles. The van der Waals surface area contributed by atoms with Gasteiger partial charge in [0.05, 0.1) is 12.0 Å². The smallest absolute Gasteiger partial charge is 0.255 e. The standard InChI is InChI=1S/C34H31BrN2O3/c1-22(2)36-33(39)31-28(23-13-6-3-7-14-23)29(32(38)25-17-10-5-11-18-25)30(24-15-8-4-9-16-24)37(31)34(40)26-19-12-20-27(35)21-26/h3-22,28-31H,1-2H3,(H,36,39). The van der Waals surface area contributed by atoms with Gasteiger partial charge in [-0.2, -0.15) is 0 Å². The Morgan fingerprint density at radius 1 is 0.725 bits per heavy atom. The number of halogens is 1. The van der Waals surface area contributed by atoms with E-state index in [1.54, 1.807) is 35.2 Å². The van der Waals surface area contributed by atoms with Gasteiger partial charge in [-0.1, -0.05) is 113 Å². The van der Waals surface area contributed by atoms with Gasteiger partial charge < -0.3 is 10.2 Å². The Bertz CT molecular complexity index is 1490. The minimum Gasteiger partial charge on any atom is -0.352 e. The molecule has 5 nitrogen and oxygen atoms in total. The summed E-state index contributed by atoms with van der Waals surface area (Å²) in [7, 11) is 0. The number of benzene rings is 4. The van der Waals surface area contributed by atoms with Crippen molar-refractivity contribution >= 4 is 33.5 Å². The monoisotopic (exact) mass is 594 g/mol. The van der Waals surface area contributed by atoms with Gasteiger partial charge in [-0.25, -0.2) is 0 Å². The largest absolute Gasteiger partial charge is 0.352 e. The summed E-state index contributed by atoms with van der Waals surface area (Å²) in [4.78, 5) is 44.7. The lowest BCUT2D eigenvalue weighted by Crippen LogP contribution is -2.50. The van der Waals surface area contributed by atoms with Crippen molar-refractivity contribution in [1.82, 2.24) is 10.2 Å². The van der Waals surface area contributed by atoms with Crippen LogP contribution in [0.3, 0.4) is 0 Å². The summed E-state index contributed by atoms with van der Waals surface area (Å²) in [6.07, 6.45) is 0. The maximum atomic E-state index is 14.5. The van der Waals surface area contributed by atoms with E-state index in [-0.39, 0.29) is 23.6 Å². The fraction of sp³-hybridized carbons (Fsp3) is 0.206. The summed E-state index contributed by atoms with van der Waals surface area (Å²) in [6, 6.07) is 33.8. The van der Waals surface area contributed by atoms with E-state index in [1.165, 1.54) is 0 Å². The van der Waals surface area contributed by atoms with Gasteiger partial charge in [0, 0.05) is 27.6 Å². The number of ketones is 1. The Balaban J connectivity index is 1.78. The molecule has 1 heterocycles. The molecule has 2 amide bonds. The Kier molecular flexibility index (Phi) is 8.27. The second kappa shape index (κ2) is 12.0. The summed E-state index contributed by atoms with van der Waals surface area (Å²) in [5, 5.41) is 3.05. The molecule has 1 fully saturated rings. The molecule has 4 aromatic carbocycles. The molecule has 4 aromatic rings. The third kappa shape index (κ3) is 5.50. The third-order valence-electron chi connectivity index (χ3n) is 7.36. The van der Waals surface area contributed by atoms with Crippen LogP contribution >= 0.6 is 15.9 Å². The predicted molar refractivity (Wildman–Crippen MR) is 160 cm³/mol. The van der Waals surface area contributed by atoms with Crippen molar-refractivity contribution in [2.75, 3.05) is 0 Å². The van der Waals surface area contributed by atoms with Gasteiger partial charge >= 0.3 is 0 Å². The molecule has 5 rings (SSSR count). The Morgan fingerprint density at radius 2 is 1.27 bits per heavy atom. The highest BCUT2D eigenvalue weighted by molar-refractivity contribution is 9.10. The zero-order chi connectivity index (χ0) is 28.2. The number of amides is 2. The topological polar surface area (TPSA) is 66.5 Å². The first-order valence-corrected chi connectivity index (χ1v) is 14.2. The van der Waals surface area contributed by atoms with Crippen molar-refractivity contribution in [2.24, 2.45) is 5.92 Å². The highest BCUT2D eigenvalue weighted by Gasteiger charge is 2.57. The molecule has 6 heteroatoms. The number of hydrogen-bond acceptors (Lipinski definition) is 3. The highest BCUT2D eigenvalue weighted by atomic mass is 79.9. The lowest BCUT2D eigenvalue weighted by Gasteiger charge is -2.32. The van der Waals surface area contributed by atoms with Crippen LogP contribution in [0.4, 0.5) is 0 Å². The molecule has 40 heavy (non-hydrogen) atoms. The molecule has 1 N–H and O–H groups in total. The molecule has 0 spiro atoms. The summed E-state index contributed by atoms with van der Waals surface area (Å²) >= 11 is 3.49. The molecule has 0 radical (unpaired) electrons. The number of hydrogen-bond donors (Lipinski definition) is 1. The molecular weight excluding hydrogens is 564 g/mol. The van der Waals surface area contributed by atoms with E-state index < -0.39 is 23.9 Å². The van der Waals surface area contributed by atoms with Crippen LogP contribution < -0.4 is 5.32 Å². The molecule has 0 bridgehead atoms. The zero-order valence-corrected chi connectivity index (χ0v) is 24.0. The van der Waals surface area contributed by atoms with Crippen molar-refractivity contribution in [3.05, 3.63) is 142 Å². The van der Waals surface area contributed by atoms with Crippen molar-refractivity contribution in [3.8, 4) is 0 Å². The Labute approximate surface area is 243 Å². The van der Waals surface area contributed by atoms with E-state index in [0.29, 0.717) is 11.1 Å². The lowest BCUT2D eigenvalue weighted by molar-refractivity contribution is -0.126. The van der Waals surface area contributed by atoms with Crippen LogP contribution in [0.5, 0.6) is 0 Å². The van der Waals surface area contributed by atoms with Crippen molar-refractivity contribution in [2.45, 2.75) is 37.9 Å². The van der Waals surface area contributed by atoms with E-state index in [1.807, 2.05) is 98.8 Å². The molecule has 0 saturated carbocycles. The molecular formula is C34H31BrN2O3. The number of carbonyl (C=O) groups is 3. The average molecular weight is 596 g/mol. The second-order valence-electron chi connectivity index (χ2n) is 10.4. The first-order chi connectivity index (χ1) is 19.4. The summed E-state index contributed by atoms with van der Waals surface area (Å²) in [5.41, 5.74) is 2.64.